The molecule has 3 aromatic rings. The van der Waals surface area contributed by atoms with E-state index in [0.29, 0.717) is 29.6 Å². The van der Waals surface area contributed by atoms with Gasteiger partial charge in [-0.05, 0) is 76.4 Å². The van der Waals surface area contributed by atoms with Gasteiger partial charge in [-0.1, -0.05) is 85.4 Å². The maximum absolute atomic E-state index is 10.6. The summed E-state index contributed by atoms with van der Waals surface area (Å²) in [5, 5.41) is 23.6. The third-order valence-corrected chi connectivity index (χ3v) is 10.1. The first-order chi connectivity index (χ1) is 18.6. The van der Waals surface area contributed by atoms with Crippen molar-refractivity contribution in [3.8, 4) is 11.3 Å². The summed E-state index contributed by atoms with van der Waals surface area (Å²) in [6, 6.07) is 16.5. The molecule has 0 spiro atoms. The molecule has 1 radical (unpaired) electrons. The Hall–Kier alpha value is -1.58. The van der Waals surface area contributed by atoms with Crippen LogP contribution in [0.5, 0.6) is 0 Å². The number of rotatable bonds is 4. The number of fused-ring (bicyclic) bond motifs is 2. The summed E-state index contributed by atoms with van der Waals surface area (Å²) in [4.78, 5) is 4.60. The van der Waals surface area contributed by atoms with E-state index in [-0.39, 0.29) is 38.2 Å². The van der Waals surface area contributed by atoms with E-state index in [0.717, 1.165) is 29.2 Å². The minimum absolute atomic E-state index is 0. The summed E-state index contributed by atoms with van der Waals surface area (Å²) >= 11 is 0. The Morgan fingerprint density at radius 1 is 0.875 bits per heavy atom. The van der Waals surface area contributed by atoms with Gasteiger partial charge in [-0.3, -0.25) is 0 Å². The van der Waals surface area contributed by atoms with Crippen LogP contribution < -0.4 is 0 Å². The van der Waals surface area contributed by atoms with Crippen LogP contribution in [0.4, 0.5) is 0 Å². The van der Waals surface area contributed by atoms with Gasteiger partial charge in [0, 0.05) is 32.2 Å². The van der Waals surface area contributed by atoms with E-state index in [9.17, 15) is 10.2 Å². The van der Waals surface area contributed by atoms with Crippen molar-refractivity contribution in [1.82, 2.24) is 4.98 Å². The molecule has 6 rings (SSSR count). The summed E-state index contributed by atoms with van der Waals surface area (Å²) in [5.74, 6) is 3.51. The fourth-order valence-electron chi connectivity index (χ4n) is 8.04. The number of benzene rings is 2. The van der Waals surface area contributed by atoms with Crippen LogP contribution in [0.3, 0.4) is 0 Å². The number of hydrogen-bond donors (Lipinski definition) is 2. The monoisotopic (exact) mass is 719 g/mol. The van der Waals surface area contributed by atoms with Crippen LogP contribution in [-0.4, -0.2) is 27.4 Å². The van der Waals surface area contributed by atoms with Gasteiger partial charge in [-0.15, -0.1) is 34.9 Å². The Labute approximate surface area is 255 Å². The molecule has 3 fully saturated rings. The van der Waals surface area contributed by atoms with Crippen molar-refractivity contribution in [3.05, 3.63) is 65.4 Å². The van der Waals surface area contributed by atoms with E-state index in [4.69, 9.17) is 0 Å². The number of aliphatic hydroxyl groups is 2. The van der Waals surface area contributed by atoms with E-state index in [1.165, 1.54) is 54.0 Å². The van der Waals surface area contributed by atoms with Crippen molar-refractivity contribution in [3.63, 3.8) is 0 Å². The molecule has 4 heteroatoms. The molecule has 3 aliphatic rings. The summed E-state index contributed by atoms with van der Waals surface area (Å²) < 4.78 is 0. The van der Waals surface area contributed by atoms with Crippen molar-refractivity contribution in [2.24, 2.45) is 35.5 Å². The van der Waals surface area contributed by atoms with Gasteiger partial charge in [0.05, 0.1) is 12.2 Å². The molecule has 3 aliphatic carbocycles. The molecule has 3 saturated carbocycles. The predicted octanol–water partition coefficient (Wildman–Crippen LogP) is 8.27. The van der Waals surface area contributed by atoms with Gasteiger partial charge < -0.3 is 15.2 Å². The smallest absolute Gasteiger partial charge is 0.0626 e. The molecule has 4 unspecified atom stereocenters. The third-order valence-electron chi connectivity index (χ3n) is 10.1. The summed E-state index contributed by atoms with van der Waals surface area (Å²) in [6.07, 6.45) is 9.05. The van der Waals surface area contributed by atoms with E-state index in [2.05, 4.69) is 89.0 Å². The van der Waals surface area contributed by atoms with Gasteiger partial charge in [-0.2, -0.15) is 0 Å². The van der Waals surface area contributed by atoms with E-state index < -0.39 is 0 Å². The zero-order valence-corrected chi connectivity index (χ0v) is 27.6. The van der Waals surface area contributed by atoms with Crippen molar-refractivity contribution in [1.29, 1.82) is 0 Å². The normalized spacial score (nSPS) is 28.1. The van der Waals surface area contributed by atoms with Crippen LogP contribution in [0.15, 0.2) is 42.6 Å². The second-order valence-corrected chi connectivity index (χ2v) is 13.5. The van der Waals surface area contributed by atoms with Crippen LogP contribution in [-0.2, 0) is 20.1 Å². The molecule has 0 bridgehead atoms. The molecular weight excluding hydrogens is 671 g/mol. The van der Waals surface area contributed by atoms with E-state index in [1.807, 2.05) is 6.20 Å². The summed E-state index contributed by atoms with van der Waals surface area (Å²) in [5.41, 5.74) is 5.87. The molecular formula is C36H48IrNO2-. The van der Waals surface area contributed by atoms with Crippen LogP contribution in [0.25, 0.3) is 22.0 Å². The largest absolute Gasteiger partial charge is 0.392 e. The maximum atomic E-state index is 10.6. The predicted molar refractivity (Wildman–Crippen MR) is 162 cm³/mol. The van der Waals surface area contributed by atoms with Crippen LogP contribution in [0.1, 0.15) is 88.8 Å². The SMILES string of the molecule is CC(C)[C@H]1CC2C[C@H](C3CCCC3)C(O)C2C1O.Cc1[c-]c(-c2nccc3cc(C(C)C)ccc23)cc(C)c1.[Ir]. The number of hydrogen-bond acceptors (Lipinski definition) is 3. The fraction of sp³-hybridized carbons (Fsp3) is 0.583. The Balaban J connectivity index is 0.000000182. The number of aromatic nitrogens is 1. The number of pyridine rings is 1. The van der Waals surface area contributed by atoms with E-state index >= 15 is 0 Å². The first-order valence-electron chi connectivity index (χ1n) is 15.4. The molecule has 2 N–H and O–H groups in total. The van der Waals surface area contributed by atoms with Gasteiger partial charge >= 0.3 is 0 Å². The van der Waals surface area contributed by atoms with Crippen LogP contribution in [0.2, 0.25) is 0 Å². The average Bonchev–Trinajstić information content (AvgIpc) is 3.61. The molecule has 1 aromatic heterocycles. The Morgan fingerprint density at radius 2 is 1.60 bits per heavy atom. The molecule has 0 aliphatic heterocycles. The van der Waals surface area contributed by atoms with Gasteiger partial charge in [0.25, 0.3) is 0 Å². The van der Waals surface area contributed by atoms with Crippen molar-refractivity contribution in [2.45, 2.75) is 98.2 Å². The summed E-state index contributed by atoms with van der Waals surface area (Å²) in [6.45, 7) is 13.1. The first kappa shape index (κ1) is 31.4. The second-order valence-electron chi connectivity index (χ2n) is 13.5. The first-order valence-corrected chi connectivity index (χ1v) is 15.4. The fourth-order valence-corrected chi connectivity index (χ4v) is 8.04. The van der Waals surface area contributed by atoms with Gasteiger partial charge in [0.1, 0.15) is 0 Å². The summed E-state index contributed by atoms with van der Waals surface area (Å²) in [7, 11) is 0. The van der Waals surface area contributed by atoms with Gasteiger partial charge in [-0.25, -0.2) is 0 Å². The molecule has 1 heterocycles. The number of aliphatic hydroxyl groups excluding tert-OH is 2. The minimum Gasteiger partial charge on any atom is -0.392 e. The molecule has 40 heavy (non-hydrogen) atoms. The van der Waals surface area contributed by atoms with Crippen LogP contribution >= 0.6 is 0 Å². The third kappa shape index (κ3) is 6.41. The van der Waals surface area contributed by atoms with Crippen molar-refractivity contribution >= 4 is 10.8 Å². The van der Waals surface area contributed by atoms with Crippen molar-refractivity contribution < 1.29 is 30.3 Å². The minimum atomic E-state index is -0.253. The zero-order valence-electron chi connectivity index (χ0n) is 25.2. The molecule has 3 nitrogen and oxygen atoms in total. The molecule has 6 atom stereocenters. The van der Waals surface area contributed by atoms with Gasteiger partial charge in [0.15, 0.2) is 0 Å². The number of aryl methyl sites for hydroxylation is 2. The topological polar surface area (TPSA) is 53.4 Å². The maximum Gasteiger partial charge on any atom is 0.0626 e. The number of nitrogens with zero attached hydrogens (tertiary/aromatic N) is 1. The molecule has 0 saturated heterocycles. The standard InChI is InChI=1S/C20H20N.C16H28O2.Ir/c1-13(2)16-5-6-19-17(12-16)7-8-21-20(19)18-10-14(3)9-15(4)11-18;1-9(2)12-7-11-8-13(10-5-3-4-6-10)16(18)14(11)15(12)17;/h5-10,12-13H,1-4H3;9-18H,3-8H2,1-2H3;/q-1;;/t;11?,12-,13-,14?,15?,16?;/m.1./s1. The van der Waals surface area contributed by atoms with Crippen molar-refractivity contribution in [2.75, 3.05) is 0 Å². The Morgan fingerprint density at radius 3 is 2.23 bits per heavy atom. The Kier molecular flexibility index (Phi) is 10.3. The zero-order chi connectivity index (χ0) is 27.8. The second kappa shape index (κ2) is 13.2. The quantitative estimate of drug-likeness (QED) is 0.267. The molecule has 0 amide bonds. The van der Waals surface area contributed by atoms with Crippen LogP contribution in [0, 0.1) is 55.4 Å². The van der Waals surface area contributed by atoms with E-state index in [1.54, 1.807) is 0 Å². The van der Waals surface area contributed by atoms with Gasteiger partial charge in [0.2, 0.25) is 0 Å². The molecule has 2 aromatic carbocycles. The average molecular weight is 719 g/mol. The molecule has 219 valence electrons. The Bertz CT molecular complexity index is 1260.